The number of hydrogen-bond donors (Lipinski definition) is 2. The van der Waals surface area contributed by atoms with Gasteiger partial charge >= 0.3 is 0 Å². The lowest BCUT2D eigenvalue weighted by Crippen LogP contribution is -2.04. The van der Waals surface area contributed by atoms with Crippen molar-refractivity contribution in [2.45, 2.75) is 12.8 Å². The van der Waals surface area contributed by atoms with E-state index < -0.39 is 0 Å². The topological polar surface area (TPSA) is 49.9 Å². The Morgan fingerprint density at radius 2 is 2.00 bits per heavy atom. The smallest absolute Gasteiger partial charge is 0.0437 e. The van der Waals surface area contributed by atoms with E-state index in [1.807, 2.05) is 24.3 Å². The van der Waals surface area contributed by atoms with E-state index >= 15 is 0 Å². The van der Waals surface area contributed by atoms with Crippen LogP contribution in [0.3, 0.4) is 0 Å². The number of para-hydroxylation sites is 1. The fourth-order valence-corrected chi connectivity index (χ4v) is 1.33. The number of nitrogen functional groups attached to an aromatic ring is 1. The van der Waals surface area contributed by atoms with Crippen molar-refractivity contribution in [1.82, 2.24) is 0 Å². The van der Waals surface area contributed by atoms with E-state index in [9.17, 15) is 0 Å². The maximum absolute atomic E-state index is 7.81. The molecule has 0 amide bonds. The maximum Gasteiger partial charge on any atom is 0.0437 e. The first kappa shape index (κ1) is 7.35. The predicted molar refractivity (Wildman–Crippen MR) is 50.4 cm³/mol. The fraction of sp³-hybridized carbons (Fsp3) is 0.300. The molecule has 0 aromatic heterocycles. The van der Waals surface area contributed by atoms with Gasteiger partial charge in [0.1, 0.15) is 0 Å². The summed E-state index contributed by atoms with van der Waals surface area (Å²) in [4.78, 5) is 0. The van der Waals surface area contributed by atoms with Crippen LogP contribution in [0.5, 0.6) is 0 Å². The van der Waals surface area contributed by atoms with E-state index in [1.165, 1.54) is 0 Å². The Morgan fingerprint density at radius 1 is 1.33 bits per heavy atom. The highest BCUT2D eigenvalue weighted by molar-refractivity contribution is 6.05. The highest BCUT2D eigenvalue weighted by atomic mass is 14.6. The average molecular weight is 160 g/mol. The molecule has 0 atom stereocenters. The quantitative estimate of drug-likeness (QED) is 0.505. The maximum atomic E-state index is 7.81. The van der Waals surface area contributed by atoms with Crippen LogP contribution in [0.2, 0.25) is 0 Å². The van der Waals surface area contributed by atoms with E-state index in [0.29, 0.717) is 11.6 Å². The first-order valence-electron chi connectivity index (χ1n) is 4.22. The molecule has 1 fully saturated rings. The second-order valence-corrected chi connectivity index (χ2v) is 3.28. The normalized spacial score (nSPS) is 16.0. The Bertz CT molecular complexity index is 313. The van der Waals surface area contributed by atoms with Gasteiger partial charge in [-0.2, -0.15) is 0 Å². The zero-order valence-electron chi connectivity index (χ0n) is 6.88. The van der Waals surface area contributed by atoms with Crippen molar-refractivity contribution < 1.29 is 0 Å². The van der Waals surface area contributed by atoms with Crippen LogP contribution >= 0.6 is 0 Å². The molecule has 2 heteroatoms. The number of rotatable bonds is 2. The Hall–Kier alpha value is -1.31. The molecule has 1 saturated carbocycles. The van der Waals surface area contributed by atoms with Crippen LogP contribution in [0.1, 0.15) is 18.4 Å². The van der Waals surface area contributed by atoms with Gasteiger partial charge in [0, 0.05) is 22.9 Å². The highest BCUT2D eigenvalue weighted by Gasteiger charge is 2.27. The molecule has 0 aliphatic heterocycles. The summed E-state index contributed by atoms with van der Waals surface area (Å²) < 4.78 is 0. The van der Waals surface area contributed by atoms with Gasteiger partial charge in [0.25, 0.3) is 0 Å². The van der Waals surface area contributed by atoms with Crippen molar-refractivity contribution in [3.8, 4) is 0 Å². The number of nitrogens with two attached hydrogens (primary N) is 1. The minimum absolute atomic E-state index is 0.481. The zero-order valence-corrected chi connectivity index (χ0v) is 6.88. The molecule has 1 aliphatic rings. The first-order chi connectivity index (χ1) is 5.79. The molecular formula is C10H12N2. The molecule has 1 aliphatic carbocycles. The molecule has 0 radical (unpaired) electrons. The molecule has 2 rings (SSSR count). The van der Waals surface area contributed by atoms with Crippen LogP contribution in [0, 0.1) is 11.3 Å². The predicted octanol–water partition coefficient (Wildman–Crippen LogP) is 2.05. The van der Waals surface area contributed by atoms with Crippen molar-refractivity contribution in [2.24, 2.45) is 5.92 Å². The van der Waals surface area contributed by atoms with Gasteiger partial charge in [-0.1, -0.05) is 18.2 Å². The molecule has 0 saturated heterocycles. The van der Waals surface area contributed by atoms with Gasteiger partial charge in [-0.25, -0.2) is 0 Å². The first-order valence-corrected chi connectivity index (χ1v) is 4.22. The van der Waals surface area contributed by atoms with E-state index in [2.05, 4.69) is 0 Å². The zero-order chi connectivity index (χ0) is 8.55. The largest absolute Gasteiger partial charge is 0.398 e. The monoisotopic (exact) mass is 160 g/mol. The second kappa shape index (κ2) is 2.63. The van der Waals surface area contributed by atoms with Crippen LogP contribution in [0.4, 0.5) is 5.69 Å². The van der Waals surface area contributed by atoms with E-state index in [0.717, 1.165) is 24.1 Å². The molecule has 0 bridgehead atoms. The third kappa shape index (κ3) is 1.20. The summed E-state index contributed by atoms with van der Waals surface area (Å²) in [5, 5.41) is 7.81. The summed E-state index contributed by atoms with van der Waals surface area (Å²) in [6, 6.07) is 7.61. The summed E-state index contributed by atoms with van der Waals surface area (Å²) in [5.41, 5.74) is 8.11. The number of benzene rings is 1. The summed E-state index contributed by atoms with van der Waals surface area (Å²) in [6.07, 6.45) is 2.32. The standard InChI is InChI=1S/C10H12N2/c11-9-4-2-1-3-8(9)10(12)7-5-6-7/h1-4,7,12H,5-6,11H2. The van der Waals surface area contributed by atoms with Gasteiger partial charge in [0.15, 0.2) is 0 Å². The van der Waals surface area contributed by atoms with Gasteiger partial charge in [-0.15, -0.1) is 0 Å². The molecule has 0 unspecified atom stereocenters. The van der Waals surface area contributed by atoms with Gasteiger partial charge in [-0.3, -0.25) is 0 Å². The van der Waals surface area contributed by atoms with Crippen molar-refractivity contribution in [3.05, 3.63) is 29.8 Å². The molecular weight excluding hydrogens is 148 g/mol. The average Bonchev–Trinajstić information content (AvgIpc) is 2.86. The Labute approximate surface area is 71.9 Å². The van der Waals surface area contributed by atoms with Gasteiger partial charge in [-0.05, 0) is 18.9 Å². The van der Waals surface area contributed by atoms with Gasteiger partial charge in [0.2, 0.25) is 0 Å². The Balaban J connectivity index is 2.32. The molecule has 1 aromatic carbocycles. The summed E-state index contributed by atoms with van der Waals surface area (Å²) in [7, 11) is 0. The second-order valence-electron chi connectivity index (χ2n) is 3.28. The summed E-state index contributed by atoms with van der Waals surface area (Å²) in [5.74, 6) is 0.481. The Morgan fingerprint density at radius 3 is 2.58 bits per heavy atom. The fourth-order valence-electron chi connectivity index (χ4n) is 1.33. The molecule has 2 nitrogen and oxygen atoms in total. The molecule has 0 heterocycles. The van der Waals surface area contributed by atoms with Gasteiger partial charge in [0.05, 0.1) is 0 Å². The molecule has 12 heavy (non-hydrogen) atoms. The van der Waals surface area contributed by atoms with E-state index in [-0.39, 0.29) is 0 Å². The van der Waals surface area contributed by atoms with Crippen molar-refractivity contribution in [1.29, 1.82) is 5.41 Å². The number of nitrogens with one attached hydrogen (secondary N) is 1. The van der Waals surface area contributed by atoms with Crippen molar-refractivity contribution in [2.75, 3.05) is 5.73 Å². The van der Waals surface area contributed by atoms with E-state index in [1.54, 1.807) is 0 Å². The number of anilines is 1. The third-order valence-corrected chi connectivity index (χ3v) is 2.24. The molecule has 1 aromatic rings. The van der Waals surface area contributed by atoms with Crippen LogP contribution in [-0.4, -0.2) is 5.71 Å². The van der Waals surface area contributed by atoms with Crippen LogP contribution in [0.25, 0.3) is 0 Å². The van der Waals surface area contributed by atoms with E-state index in [4.69, 9.17) is 11.1 Å². The van der Waals surface area contributed by atoms with Crippen LogP contribution in [-0.2, 0) is 0 Å². The lowest BCUT2D eigenvalue weighted by Gasteiger charge is -2.04. The highest BCUT2D eigenvalue weighted by Crippen LogP contribution is 2.33. The van der Waals surface area contributed by atoms with Crippen LogP contribution in [0.15, 0.2) is 24.3 Å². The summed E-state index contributed by atoms with van der Waals surface area (Å²) in [6.45, 7) is 0. The minimum atomic E-state index is 0.481. The van der Waals surface area contributed by atoms with Crippen molar-refractivity contribution in [3.63, 3.8) is 0 Å². The lowest BCUT2D eigenvalue weighted by molar-refractivity contribution is 1.16. The molecule has 3 N–H and O–H groups in total. The summed E-state index contributed by atoms with van der Waals surface area (Å²) >= 11 is 0. The SMILES string of the molecule is N=C(c1ccccc1N)C1CC1. The Kier molecular flexibility index (Phi) is 1.61. The molecule has 0 spiro atoms. The third-order valence-electron chi connectivity index (χ3n) is 2.24. The lowest BCUT2D eigenvalue weighted by atomic mass is 10.0. The van der Waals surface area contributed by atoms with Gasteiger partial charge < -0.3 is 11.1 Å². The molecule has 62 valence electrons. The van der Waals surface area contributed by atoms with Crippen LogP contribution < -0.4 is 5.73 Å². The minimum Gasteiger partial charge on any atom is -0.398 e. The number of hydrogen-bond acceptors (Lipinski definition) is 2. The van der Waals surface area contributed by atoms with Crippen molar-refractivity contribution >= 4 is 11.4 Å².